The van der Waals surface area contributed by atoms with Crippen molar-refractivity contribution in [1.29, 1.82) is 0 Å². The van der Waals surface area contributed by atoms with Crippen LogP contribution in [0.2, 0.25) is 0 Å². The summed E-state index contributed by atoms with van der Waals surface area (Å²) in [5.74, 6) is -0.279. The summed E-state index contributed by atoms with van der Waals surface area (Å²) in [6.45, 7) is 6.72. The summed E-state index contributed by atoms with van der Waals surface area (Å²) in [5, 5.41) is 6.01. The van der Waals surface area contributed by atoms with Crippen LogP contribution in [0.5, 0.6) is 0 Å². The summed E-state index contributed by atoms with van der Waals surface area (Å²) in [7, 11) is -3.60. The second kappa shape index (κ2) is 10.1. The van der Waals surface area contributed by atoms with Crippen LogP contribution in [0, 0.1) is 0 Å². The number of rotatable bonds is 7. The number of benzene rings is 1. The Balaban J connectivity index is 0.00000312. The lowest BCUT2D eigenvalue weighted by molar-refractivity contribution is 0.0730. The number of amides is 1. The van der Waals surface area contributed by atoms with Crippen LogP contribution in [0.15, 0.2) is 29.2 Å². The van der Waals surface area contributed by atoms with Crippen molar-refractivity contribution in [3.05, 3.63) is 29.8 Å². The molecular weight excluding hydrogens is 366 g/mol. The first-order valence-corrected chi connectivity index (χ1v) is 9.58. The Labute approximate surface area is 155 Å². The molecule has 1 aromatic carbocycles. The Kier molecular flexibility index (Phi) is 8.81. The number of nitrogens with zero attached hydrogens (tertiary/aromatic N) is 1. The third kappa shape index (κ3) is 5.93. The van der Waals surface area contributed by atoms with Crippen molar-refractivity contribution in [2.45, 2.75) is 24.8 Å². The van der Waals surface area contributed by atoms with Gasteiger partial charge in [0.1, 0.15) is 0 Å². The zero-order chi connectivity index (χ0) is 17.6. The maximum atomic E-state index is 12.6. The standard InChI is InChI=1S/C16H25N3O4S.ClH/c1-3-17-13(2)12-18-16(20)14-5-4-6-15(11-14)24(21,22)19-7-9-23-10-8-19;/h4-6,11,13,17H,3,7-10,12H2,1-2H3,(H,18,20);1H/t13-;/m1./s1. The van der Waals surface area contributed by atoms with Gasteiger partial charge in [-0.05, 0) is 31.7 Å². The Morgan fingerprint density at radius 2 is 2.00 bits per heavy atom. The fourth-order valence-electron chi connectivity index (χ4n) is 2.50. The predicted octanol–water partition coefficient (Wildman–Crippen LogP) is 0.857. The smallest absolute Gasteiger partial charge is 0.251 e. The van der Waals surface area contributed by atoms with Gasteiger partial charge in [-0.1, -0.05) is 13.0 Å². The van der Waals surface area contributed by atoms with Crippen LogP contribution < -0.4 is 10.6 Å². The summed E-state index contributed by atoms with van der Waals surface area (Å²) in [5.41, 5.74) is 0.341. The molecular formula is C16H26ClN3O4S. The van der Waals surface area contributed by atoms with Gasteiger partial charge in [0.05, 0.1) is 18.1 Å². The number of likely N-dealkylation sites (N-methyl/N-ethyl adjacent to an activating group) is 1. The number of halogens is 1. The quantitative estimate of drug-likeness (QED) is 0.719. The Bertz CT molecular complexity index is 663. The highest BCUT2D eigenvalue weighted by Crippen LogP contribution is 2.18. The largest absolute Gasteiger partial charge is 0.379 e. The normalized spacial score (nSPS) is 16.7. The van der Waals surface area contributed by atoms with Crippen LogP contribution in [0.3, 0.4) is 0 Å². The van der Waals surface area contributed by atoms with Gasteiger partial charge in [-0.25, -0.2) is 8.42 Å². The topological polar surface area (TPSA) is 87.7 Å². The monoisotopic (exact) mass is 391 g/mol. The lowest BCUT2D eigenvalue weighted by Gasteiger charge is -2.26. The molecule has 1 aliphatic rings. The average molecular weight is 392 g/mol. The van der Waals surface area contributed by atoms with Crippen LogP contribution in [-0.2, 0) is 14.8 Å². The molecule has 1 fully saturated rings. The molecule has 0 unspecified atom stereocenters. The minimum absolute atomic E-state index is 0. The molecule has 1 saturated heterocycles. The van der Waals surface area contributed by atoms with Crippen LogP contribution in [0.4, 0.5) is 0 Å². The lowest BCUT2D eigenvalue weighted by atomic mass is 10.2. The Hall–Kier alpha value is -1.19. The number of morpholine rings is 1. The predicted molar refractivity (Wildman–Crippen MR) is 98.7 cm³/mol. The molecule has 0 aliphatic carbocycles. The van der Waals surface area contributed by atoms with E-state index >= 15 is 0 Å². The molecule has 0 spiro atoms. The van der Waals surface area contributed by atoms with Gasteiger partial charge in [0.25, 0.3) is 5.91 Å². The van der Waals surface area contributed by atoms with Crippen LogP contribution in [0.25, 0.3) is 0 Å². The fraction of sp³-hybridized carbons (Fsp3) is 0.562. The van der Waals surface area contributed by atoms with E-state index in [0.29, 0.717) is 38.4 Å². The van der Waals surface area contributed by atoms with E-state index in [4.69, 9.17) is 4.74 Å². The molecule has 25 heavy (non-hydrogen) atoms. The molecule has 0 saturated carbocycles. The van der Waals surface area contributed by atoms with Crippen molar-refractivity contribution in [2.24, 2.45) is 0 Å². The molecule has 1 heterocycles. The highest BCUT2D eigenvalue weighted by Gasteiger charge is 2.26. The zero-order valence-electron chi connectivity index (χ0n) is 14.5. The van der Waals surface area contributed by atoms with Crippen molar-refractivity contribution in [3.8, 4) is 0 Å². The van der Waals surface area contributed by atoms with Gasteiger partial charge < -0.3 is 15.4 Å². The third-order valence-electron chi connectivity index (χ3n) is 3.83. The van der Waals surface area contributed by atoms with Crippen LogP contribution >= 0.6 is 12.4 Å². The highest BCUT2D eigenvalue weighted by atomic mass is 35.5. The molecule has 7 nitrogen and oxygen atoms in total. The third-order valence-corrected chi connectivity index (χ3v) is 5.72. The van der Waals surface area contributed by atoms with E-state index in [1.165, 1.54) is 16.4 Å². The highest BCUT2D eigenvalue weighted by molar-refractivity contribution is 7.89. The number of sulfonamides is 1. The summed E-state index contributed by atoms with van der Waals surface area (Å²) < 4.78 is 31.9. The van der Waals surface area contributed by atoms with Crippen molar-refractivity contribution in [1.82, 2.24) is 14.9 Å². The van der Waals surface area contributed by atoms with Gasteiger partial charge in [0.15, 0.2) is 0 Å². The van der Waals surface area contributed by atoms with Crippen molar-refractivity contribution in [3.63, 3.8) is 0 Å². The molecule has 1 atom stereocenters. The number of carbonyl (C=O) groups is 1. The van der Waals surface area contributed by atoms with E-state index in [0.717, 1.165) is 6.54 Å². The molecule has 9 heteroatoms. The summed E-state index contributed by atoms with van der Waals surface area (Å²) >= 11 is 0. The molecule has 2 rings (SSSR count). The van der Waals surface area contributed by atoms with Gasteiger partial charge >= 0.3 is 0 Å². The molecule has 1 aliphatic heterocycles. The van der Waals surface area contributed by atoms with E-state index in [1.54, 1.807) is 12.1 Å². The molecule has 142 valence electrons. The first-order valence-electron chi connectivity index (χ1n) is 8.14. The van der Waals surface area contributed by atoms with E-state index in [2.05, 4.69) is 10.6 Å². The van der Waals surface area contributed by atoms with Crippen molar-refractivity contribution < 1.29 is 17.9 Å². The van der Waals surface area contributed by atoms with Crippen molar-refractivity contribution in [2.75, 3.05) is 39.4 Å². The van der Waals surface area contributed by atoms with Crippen LogP contribution in [0.1, 0.15) is 24.2 Å². The molecule has 0 aromatic heterocycles. The molecule has 1 amide bonds. The summed E-state index contributed by atoms with van der Waals surface area (Å²) in [4.78, 5) is 12.4. The minimum Gasteiger partial charge on any atom is -0.379 e. The molecule has 1 aromatic rings. The Morgan fingerprint density at radius 1 is 1.32 bits per heavy atom. The fourth-order valence-corrected chi connectivity index (χ4v) is 3.96. The Morgan fingerprint density at radius 3 is 2.64 bits per heavy atom. The second-order valence-electron chi connectivity index (χ2n) is 5.71. The van der Waals surface area contributed by atoms with Crippen molar-refractivity contribution >= 4 is 28.3 Å². The SMILES string of the molecule is CCN[C@H](C)CNC(=O)c1cccc(S(=O)(=O)N2CCOCC2)c1.Cl. The number of hydrogen-bond acceptors (Lipinski definition) is 5. The number of ether oxygens (including phenoxy) is 1. The second-order valence-corrected chi connectivity index (χ2v) is 7.65. The number of nitrogens with one attached hydrogen (secondary N) is 2. The van der Waals surface area contributed by atoms with E-state index in [1.807, 2.05) is 13.8 Å². The van der Waals surface area contributed by atoms with Gasteiger partial charge in [-0.15, -0.1) is 12.4 Å². The molecule has 0 radical (unpaired) electrons. The van der Waals surface area contributed by atoms with E-state index < -0.39 is 10.0 Å². The zero-order valence-corrected chi connectivity index (χ0v) is 16.2. The van der Waals surface area contributed by atoms with Crippen LogP contribution in [-0.4, -0.2) is 64.1 Å². The van der Waals surface area contributed by atoms with Gasteiger partial charge in [-0.3, -0.25) is 4.79 Å². The average Bonchev–Trinajstić information content (AvgIpc) is 2.61. The van der Waals surface area contributed by atoms with E-state index in [9.17, 15) is 13.2 Å². The number of carbonyl (C=O) groups excluding carboxylic acids is 1. The van der Waals surface area contributed by atoms with Gasteiger partial charge in [-0.2, -0.15) is 4.31 Å². The van der Waals surface area contributed by atoms with E-state index in [-0.39, 0.29) is 29.3 Å². The first kappa shape index (κ1) is 21.9. The lowest BCUT2D eigenvalue weighted by Crippen LogP contribution is -2.40. The van der Waals surface area contributed by atoms with Gasteiger partial charge in [0.2, 0.25) is 10.0 Å². The van der Waals surface area contributed by atoms with Gasteiger partial charge in [0, 0.05) is 31.2 Å². The first-order chi connectivity index (χ1) is 11.4. The summed E-state index contributed by atoms with van der Waals surface area (Å²) in [6, 6.07) is 6.31. The molecule has 0 bridgehead atoms. The minimum atomic E-state index is -3.60. The maximum Gasteiger partial charge on any atom is 0.251 e. The summed E-state index contributed by atoms with van der Waals surface area (Å²) in [6.07, 6.45) is 0. The maximum absolute atomic E-state index is 12.6. The molecule has 2 N–H and O–H groups in total. The number of hydrogen-bond donors (Lipinski definition) is 2.